The largest absolute Gasteiger partial charge is 0.477 e. The molecule has 0 atom stereocenters. The second-order valence-electron chi connectivity index (χ2n) is 4.58. The molecule has 2 rings (SSSR count). The van der Waals surface area contributed by atoms with Gasteiger partial charge < -0.3 is 9.67 Å². The molecule has 1 aliphatic rings. The molecule has 1 saturated carbocycles. The minimum atomic E-state index is -0.827. The highest BCUT2D eigenvalue weighted by Gasteiger charge is 2.42. The van der Waals surface area contributed by atoms with Crippen molar-refractivity contribution in [2.45, 2.75) is 39.2 Å². The van der Waals surface area contributed by atoms with E-state index in [4.69, 9.17) is 5.11 Å². The fraction of sp³-hybridized carbons (Fsp3) is 0.583. The summed E-state index contributed by atoms with van der Waals surface area (Å²) < 4.78 is 1.88. The van der Waals surface area contributed by atoms with Crippen molar-refractivity contribution in [1.29, 1.82) is 0 Å². The third kappa shape index (κ3) is 2.06. The first-order chi connectivity index (χ1) is 7.17. The Kier molecular flexibility index (Phi) is 2.55. The maximum atomic E-state index is 10.9. The highest BCUT2D eigenvalue weighted by atomic mass is 16.4. The van der Waals surface area contributed by atoms with Crippen LogP contribution in [0.4, 0.5) is 0 Å². The van der Waals surface area contributed by atoms with Crippen LogP contribution in [-0.4, -0.2) is 15.6 Å². The standard InChI is InChI=1S/C12H17NO2/c1-2-5-12(6-7-12)9-13-8-3-4-10(13)11(14)15/h3-4,8H,2,5-7,9H2,1H3,(H,14,15). The molecule has 0 radical (unpaired) electrons. The molecule has 1 aromatic rings. The van der Waals surface area contributed by atoms with Gasteiger partial charge in [-0.2, -0.15) is 0 Å². The molecule has 1 heterocycles. The average molecular weight is 207 g/mol. The van der Waals surface area contributed by atoms with Gasteiger partial charge >= 0.3 is 5.97 Å². The number of aromatic carboxylic acids is 1. The molecule has 1 fully saturated rings. The number of carboxylic acid groups (broad SMARTS) is 1. The Bertz CT molecular complexity index is 363. The molecule has 82 valence electrons. The summed E-state index contributed by atoms with van der Waals surface area (Å²) in [6.45, 7) is 3.06. The van der Waals surface area contributed by atoms with Crippen molar-refractivity contribution in [3.8, 4) is 0 Å². The summed E-state index contributed by atoms with van der Waals surface area (Å²) in [5.41, 5.74) is 0.815. The molecular formula is C12H17NO2. The summed E-state index contributed by atoms with van der Waals surface area (Å²) in [6, 6.07) is 3.48. The van der Waals surface area contributed by atoms with E-state index in [0.717, 1.165) is 6.54 Å². The highest BCUT2D eigenvalue weighted by Crippen LogP contribution is 2.51. The average Bonchev–Trinajstić information content (AvgIpc) is 2.77. The first-order valence-electron chi connectivity index (χ1n) is 5.55. The van der Waals surface area contributed by atoms with Crippen LogP contribution in [0.15, 0.2) is 18.3 Å². The maximum Gasteiger partial charge on any atom is 0.352 e. The van der Waals surface area contributed by atoms with Gasteiger partial charge in [0.05, 0.1) is 0 Å². The number of hydrogen-bond donors (Lipinski definition) is 1. The molecule has 0 bridgehead atoms. The molecule has 0 saturated heterocycles. The van der Waals surface area contributed by atoms with E-state index < -0.39 is 5.97 Å². The highest BCUT2D eigenvalue weighted by molar-refractivity contribution is 5.85. The van der Waals surface area contributed by atoms with Gasteiger partial charge in [0.1, 0.15) is 5.69 Å². The predicted molar refractivity (Wildman–Crippen MR) is 58.0 cm³/mol. The summed E-state index contributed by atoms with van der Waals surface area (Å²) in [5.74, 6) is -0.827. The fourth-order valence-corrected chi connectivity index (χ4v) is 2.30. The lowest BCUT2D eigenvalue weighted by Gasteiger charge is -2.16. The molecule has 1 aliphatic carbocycles. The van der Waals surface area contributed by atoms with Crippen LogP contribution in [0.1, 0.15) is 43.1 Å². The molecule has 1 N–H and O–H groups in total. The second kappa shape index (κ2) is 3.72. The van der Waals surface area contributed by atoms with Crippen molar-refractivity contribution in [1.82, 2.24) is 4.57 Å². The first-order valence-corrected chi connectivity index (χ1v) is 5.55. The van der Waals surface area contributed by atoms with Crippen molar-refractivity contribution >= 4 is 5.97 Å². The summed E-state index contributed by atoms with van der Waals surface area (Å²) in [6.07, 6.45) is 6.77. The minimum Gasteiger partial charge on any atom is -0.477 e. The van der Waals surface area contributed by atoms with Crippen LogP contribution in [-0.2, 0) is 6.54 Å². The molecule has 3 heteroatoms. The van der Waals surface area contributed by atoms with Gasteiger partial charge in [-0.1, -0.05) is 13.3 Å². The number of carbonyl (C=O) groups is 1. The van der Waals surface area contributed by atoms with Gasteiger partial charge in [0.2, 0.25) is 0 Å². The lowest BCUT2D eigenvalue weighted by Crippen LogP contribution is -2.15. The van der Waals surface area contributed by atoms with E-state index >= 15 is 0 Å². The maximum absolute atomic E-state index is 10.9. The Morgan fingerprint density at radius 2 is 2.33 bits per heavy atom. The number of nitrogens with zero attached hydrogens (tertiary/aromatic N) is 1. The van der Waals surface area contributed by atoms with E-state index in [9.17, 15) is 4.79 Å². The van der Waals surface area contributed by atoms with Crippen LogP contribution in [0, 0.1) is 5.41 Å². The van der Waals surface area contributed by atoms with E-state index in [1.165, 1.54) is 25.7 Å². The topological polar surface area (TPSA) is 42.2 Å². The quantitative estimate of drug-likeness (QED) is 0.806. The van der Waals surface area contributed by atoms with Gasteiger partial charge in [-0.15, -0.1) is 0 Å². The summed E-state index contributed by atoms with van der Waals surface area (Å²) >= 11 is 0. The van der Waals surface area contributed by atoms with E-state index in [2.05, 4.69) is 6.92 Å². The molecular weight excluding hydrogens is 190 g/mol. The monoisotopic (exact) mass is 207 g/mol. The molecule has 0 spiro atoms. The fourth-order valence-electron chi connectivity index (χ4n) is 2.30. The lowest BCUT2D eigenvalue weighted by atomic mass is 10.0. The van der Waals surface area contributed by atoms with Crippen LogP contribution < -0.4 is 0 Å². The molecule has 1 aromatic heterocycles. The molecule has 0 amide bonds. The smallest absolute Gasteiger partial charge is 0.352 e. The Labute approximate surface area is 89.7 Å². The van der Waals surface area contributed by atoms with Crippen LogP contribution in [0.3, 0.4) is 0 Å². The molecule has 0 aliphatic heterocycles. The molecule has 0 unspecified atom stereocenters. The van der Waals surface area contributed by atoms with Crippen LogP contribution >= 0.6 is 0 Å². The third-order valence-electron chi connectivity index (χ3n) is 3.29. The zero-order chi connectivity index (χ0) is 10.9. The van der Waals surface area contributed by atoms with Crippen LogP contribution in [0.2, 0.25) is 0 Å². The Balaban J connectivity index is 2.10. The van der Waals surface area contributed by atoms with Crippen LogP contribution in [0.5, 0.6) is 0 Å². The van der Waals surface area contributed by atoms with E-state index in [-0.39, 0.29) is 0 Å². The van der Waals surface area contributed by atoms with Crippen molar-refractivity contribution < 1.29 is 9.90 Å². The van der Waals surface area contributed by atoms with Gasteiger partial charge in [0.15, 0.2) is 0 Å². The van der Waals surface area contributed by atoms with Crippen LogP contribution in [0.25, 0.3) is 0 Å². The first kappa shape index (κ1) is 10.3. The van der Waals surface area contributed by atoms with Gasteiger partial charge in [-0.3, -0.25) is 0 Å². The van der Waals surface area contributed by atoms with Crippen molar-refractivity contribution in [2.75, 3.05) is 0 Å². The zero-order valence-electron chi connectivity index (χ0n) is 9.07. The molecule has 0 aromatic carbocycles. The minimum absolute atomic E-state index is 0.401. The van der Waals surface area contributed by atoms with Crippen molar-refractivity contribution in [2.24, 2.45) is 5.41 Å². The summed E-state index contributed by atoms with van der Waals surface area (Å²) in [5, 5.41) is 8.98. The number of carboxylic acids is 1. The Hall–Kier alpha value is -1.25. The Morgan fingerprint density at radius 1 is 1.60 bits per heavy atom. The number of hydrogen-bond acceptors (Lipinski definition) is 1. The molecule has 3 nitrogen and oxygen atoms in total. The van der Waals surface area contributed by atoms with Crippen molar-refractivity contribution in [3.05, 3.63) is 24.0 Å². The van der Waals surface area contributed by atoms with E-state index in [1.54, 1.807) is 6.07 Å². The van der Waals surface area contributed by atoms with Gasteiger partial charge in [0, 0.05) is 12.7 Å². The SMILES string of the molecule is CCCC1(Cn2cccc2C(=O)O)CC1. The van der Waals surface area contributed by atoms with Gasteiger partial charge in [-0.25, -0.2) is 4.79 Å². The number of aromatic nitrogens is 1. The summed E-state index contributed by atoms with van der Waals surface area (Å²) in [4.78, 5) is 10.9. The normalized spacial score (nSPS) is 17.7. The number of rotatable bonds is 5. The van der Waals surface area contributed by atoms with Gasteiger partial charge in [-0.05, 0) is 36.8 Å². The predicted octanol–water partition coefficient (Wildman–Crippen LogP) is 2.77. The van der Waals surface area contributed by atoms with Crippen molar-refractivity contribution in [3.63, 3.8) is 0 Å². The van der Waals surface area contributed by atoms with E-state index in [1.807, 2.05) is 16.8 Å². The lowest BCUT2D eigenvalue weighted by molar-refractivity contribution is 0.0683. The Morgan fingerprint density at radius 3 is 2.87 bits per heavy atom. The second-order valence-corrected chi connectivity index (χ2v) is 4.58. The van der Waals surface area contributed by atoms with E-state index in [0.29, 0.717) is 11.1 Å². The third-order valence-corrected chi connectivity index (χ3v) is 3.29. The van der Waals surface area contributed by atoms with Gasteiger partial charge in [0.25, 0.3) is 0 Å². The zero-order valence-corrected chi connectivity index (χ0v) is 9.07. The summed E-state index contributed by atoms with van der Waals surface area (Å²) in [7, 11) is 0. The molecule has 15 heavy (non-hydrogen) atoms.